The Morgan fingerprint density at radius 3 is 2.52 bits per heavy atom. The number of carbonyl (C=O) groups is 1. The van der Waals surface area contributed by atoms with Gasteiger partial charge in [-0.3, -0.25) is 4.79 Å². The van der Waals surface area contributed by atoms with Gasteiger partial charge in [0.05, 0.1) is 29.9 Å². The molecule has 1 saturated heterocycles. The van der Waals surface area contributed by atoms with Crippen LogP contribution in [0.15, 0.2) is 30.5 Å². The summed E-state index contributed by atoms with van der Waals surface area (Å²) in [7, 11) is 0. The van der Waals surface area contributed by atoms with E-state index >= 15 is 0 Å². The molecule has 1 aromatic carbocycles. The molecule has 1 aromatic heterocycles. The number of anilines is 1. The Labute approximate surface area is 172 Å². The fraction of sp³-hybridized carbons (Fsp3) is 0.333. The molecule has 0 bridgehead atoms. The molecule has 2 heterocycles. The number of rotatable bonds is 5. The molecule has 1 fully saturated rings. The Hall–Kier alpha value is -1.57. The lowest BCUT2D eigenvalue weighted by molar-refractivity contribution is 0.0302. The van der Waals surface area contributed by atoms with Gasteiger partial charge in [0, 0.05) is 41.4 Å². The number of benzene rings is 1. The van der Waals surface area contributed by atoms with Crippen LogP contribution in [-0.2, 0) is 4.74 Å². The topological polar surface area (TPSA) is 74.7 Å². The molecule has 1 aliphatic heterocycles. The number of aliphatic hydroxyl groups is 1. The van der Waals surface area contributed by atoms with E-state index in [2.05, 4.69) is 10.3 Å². The van der Waals surface area contributed by atoms with Gasteiger partial charge in [0.2, 0.25) is 0 Å². The quantitative estimate of drug-likeness (QED) is 0.757. The molecule has 144 valence electrons. The Morgan fingerprint density at radius 1 is 1.22 bits per heavy atom. The van der Waals surface area contributed by atoms with Crippen LogP contribution in [0.5, 0.6) is 0 Å². The van der Waals surface area contributed by atoms with Crippen molar-refractivity contribution in [3.63, 3.8) is 0 Å². The fourth-order valence-corrected chi connectivity index (χ4v) is 3.64. The number of pyridine rings is 1. The molecule has 1 atom stereocenters. The second kappa shape index (κ2) is 9.08. The summed E-state index contributed by atoms with van der Waals surface area (Å²) < 4.78 is 5.25. The Balaban J connectivity index is 1.66. The first-order valence-electron chi connectivity index (χ1n) is 8.36. The molecule has 9 heteroatoms. The zero-order valence-corrected chi connectivity index (χ0v) is 16.6. The number of carbonyl (C=O) groups excluding carboxylic acids is 1. The number of halogens is 3. The van der Waals surface area contributed by atoms with Gasteiger partial charge in [-0.05, 0) is 18.2 Å². The van der Waals surface area contributed by atoms with E-state index in [1.807, 2.05) is 0 Å². The van der Waals surface area contributed by atoms with Crippen LogP contribution in [0.3, 0.4) is 0 Å². The van der Waals surface area contributed by atoms with Crippen LogP contribution in [-0.4, -0.2) is 53.7 Å². The standard InChI is InChI=1S/C18H18Cl3N3O3/c19-12-2-1-3-13(20)16(12)15(25)10-23-17-14(21)8-11(9-22-17)18(26)24-4-6-27-7-5-24/h1-3,8-9,15,25H,4-7,10H2,(H,22,23). The van der Waals surface area contributed by atoms with Crippen molar-refractivity contribution in [2.24, 2.45) is 0 Å². The van der Waals surface area contributed by atoms with E-state index < -0.39 is 6.10 Å². The van der Waals surface area contributed by atoms with Gasteiger partial charge in [-0.2, -0.15) is 0 Å². The Kier molecular flexibility index (Phi) is 6.78. The van der Waals surface area contributed by atoms with Crippen molar-refractivity contribution < 1.29 is 14.6 Å². The Bertz CT molecular complexity index is 808. The zero-order valence-electron chi connectivity index (χ0n) is 14.3. The maximum Gasteiger partial charge on any atom is 0.255 e. The van der Waals surface area contributed by atoms with Gasteiger partial charge < -0.3 is 20.1 Å². The summed E-state index contributed by atoms with van der Waals surface area (Å²) in [5.41, 5.74) is 0.839. The van der Waals surface area contributed by atoms with Gasteiger partial charge in [-0.15, -0.1) is 0 Å². The van der Waals surface area contributed by atoms with E-state index in [4.69, 9.17) is 39.5 Å². The minimum Gasteiger partial charge on any atom is -0.386 e. The average Bonchev–Trinajstić information content (AvgIpc) is 2.67. The monoisotopic (exact) mass is 429 g/mol. The van der Waals surface area contributed by atoms with Crippen LogP contribution < -0.4 is 5.32 Å². The minimum absolute atomic E-state index is 0.104. The van der Waals surface area contributed by atoms with Crippen LogP contribution in [0.1, 0.15) is 22.0 Å². The largest absolute Gasteiger partial charge is 0.386 e. The summed E-state index contributed by atoms with van der Waals surface area (Å²) in [6.45, 7) is 2.24. The molecule has 0 saturated carbocycles. The molecule has 27 heavy (non-hydrogen) atoms. The maximum atomic E-state index is 12.5. The summed E-state index contributed by atoms with van der Waals surface area (Å²) in [5.74, 6) is 0.222. The lowest BCUT2D eigenvalue weighted by Crippen LogP contribution is -2.40. The third kappa shape index (κ3) is 4.83. The van der Waals surface area contributed by atoms with E-state index in [0.717, 1.165) is 0 Å². The van der Waals surface area contributed by atoms with Crippen LogP contribution in [0.25, 0.3) is 0 Å². The number of hydrogen-bond donors (Lipinski definition) is 2. The van der Waals surface area contributed by atoms with Crippen LogP contribution >= 0.6 is 34.8 Å². The SMILES string of the molecule is O=C(c1cnc(NCC(O)c2c(Cl)cccc2Cl)c(Cl)c1)N1CCOCC1. The summed E-state index contributed by atoms with van der Waals surface area (Å²) in [6.07, 6.45) is 0.514. The molecule has 3 rings (SSSR count). The molecule has 0 aliphatic carbocycles. The molecule has 6 nitrogen and oxygen atoms in total. The third-order valence-electron chi connectivity index (χ3n) is 4.18. The van der Waals surface area contributed by atoms with Gasteiger partial charge in [0.15, 0.2) is 0 Å². The van der Waals surface area contributed by atoms with Gasteiger partial charge >= 0.3 is 0 Å². The highest BCUT2D eigenvalue weighted by Crippen LogP contribution is 2.31. The van der Waals surface area contributed by atoms with Crippen molar-refractivity contribution in [3.8, 4) is 0 Å². The first-order valence-corrected chi connectivity index (χ1v) is 9.49. The molecule has 1 aliphatic rings. The second-order valence-electron chi connectivity index (χ2n) is 5.99. The van der Waals surface area contributed by atoms with Gasteiger partial charge in [-0.25, -0.2) is 4.98 Å². The predicted molar refractivity (Wildman–Crippen MR) is 106 cm³/mol. The number of hydrogen-bond acceptors (Lipinski definition) is 5. The van der Waals surface area contributed by atoms with Crippen molar-refractivity contribution in [1.82, 2.24) is 9.88 Å². The normalized spacial score (nSPS) is 15.5. The molecular weight excluding hydrogens is 413 g/mol. The number of aliphatic hydroxyl groups excluding tert-OH is 1. The smallest absolute Gasteiger partial charge is 0.255 e. The molecule has 0 spiro atoms. The van der Waals surface area contributed by atoms with E-state index in [-0.39, 0.29) is 17.5 Å². The second-order valence-corrected chi connectivity index (χ2v) is 7.21. The summed E-state index contributed by atoms with van der Waals surface area (Å²) in [6, 6.07) is 6.58. The van der Waals surface area contributed by atoms with Crippen LogP contribution in [0.2, 0.25) is 15.1 Å². The number of morpholine rings is 1. The first-order chi connectivity index (χ1) is 13.0. The molecule has 0 radical (unpaired) electrons. The van der Waals surface area contributed by atoms with Gasteiger partial charge in [0.25, 0.3) is 5.91 Å². The highest BCUT2D eigenvalue weighted by atomic mass is 35.5. The van der Waals surface area contributed by atoms with Crippen molar-refractivity contribution >= 4 is 46.5 Å². The highest BCUT2D eigenvalue weighted by molar-refractivity contribution is 6.36. The van der Waals surface area contributed by atoms with Crippen LogP contribution in [0, 0.1) is 0 Å². The predicted octanol–water partition coefficient (Wildman–Crippen LogP) is 3.66. The van der Waals surface area contributed by atoms with E-state index in [0.29, 0.717) is 53.3 Å². The molecule has 2 aromatic rings. The third-order valence-corrected chi connectivity index (χ3v) is 5.13. The van der Waals surface area contributed by atoms with E-state index in [1.165, 1.54) is 6.20 Å². The van der Waals surface area contributed by atoms with Crippen molar-refractivity contribution in [2.45, 2.75) is 6.10 Å². The molecule has 2 N–H and O–H groups in total. The highest BCUT2D eigenvalue weighted by Gasteiger charge is 2.20. The maximum absolute atomic E-state index is 12.5. The summed E-state index contributed by atoms with van der Waals surface area (Å²) in [5, 5.41) is 14.4. The lowest BCUT2D eigenvalue weighted by atomic mass is 10.1. The summed E-state index contributed by atoms with van der Waals surface area (Å²) >= 11 is 18.5. The minimum atomic E-state index is -0.946. The number of nitrogens with one attached hydrogen (secondary N) is 1. The van der Waals surface area contributed by atoms with Crippen molar-refractivity contribution in [1.29, 1.82) is 0 Å². The number of amides is 1. The van der Waals surface area contributed by atoms with Crippen LogP contribution in [0.4, 0.5) is 5.82 Å². The van der Waals surface area contributed by atoms with E-state index in [9.17, 15) is 9.90 Å². The summed E-state index contributed by atoms with van der Waals surface area (Å²) in [4.78, 5) is 18.4. The number of ether oxygens (including phenoxy) is 1. The molecular formula is C18H18Cl3N3O3. The van der Waals surface area contributed by atoms with Crippen molar-refractivity contribution in [2.75, 3.05) is 38.2 Å². The van der Waals surface area contributed by atoms with Crippen molar-refractivity contribution in [3.05, 3.63) is 56.7 Å². The van der Waals surface area contributed by atoms with Gasteiger partial charge in [0.1, 0.15) is 5.82 Å². The van der Waals surface area contributed by atoms with E-state index in [1.54, 1.807) is 29.2 Å². The van der Waals surface area contributed by atoms with Gasteiger partial charge in [-0.1, -0.05) is 40.9 Å². The molecule has 1 amide bonds. The lowest BCUT2D eigenvalue weighted by Gasteiger charge is -2.26. The first kappa shape index (κ1) is 20.2. The fourth-order valence-electron chi connectivity index (χ4n) is 2.76. The Morgan fingerprint density at radius 2 is 1.89 bits per heavy atom. The molecule has 1 unspecified atom stereocenters. The number of nitrogens with zero attached hydrogens (tertiary/aromatic N) is 2. The number of aromatic nitrogens is 1. The average molecular weight is 431 g/mol. The zero-order chi connectivity index (χ0) is 19.4.